The van der Waals surface area contributed by atoms with Crippen LogP contribution in [0.2, 0.25) is 0 Å². The molecule has 0 atom stereocenters. The number of hydrogen-bond donors (Lipinski definition) is 2. The molecule has 1 amide bonds. The Hall–Kier alpha value is -2.89. The summed E-state index contributed by atoms with van der Waals surface area (Å²) >= 11 is 0. The molecule has 6 nitrogen and oxygen atoms in total. The minimum atomic E-state index is -0.272. The molecule has 140 valence electrons. The maximum Gasteiger partial charge on any atom is 0.291 e. The lowest BCUT2D eigenvalue weighted by Gasteiger charge is -2.13. The van der Waals surface area contributed by atoms with E-state index in [2.05, 4.69) is 21.5 Å². The normalized spacial score (nSPS) is 14.5. The van der Waals surface area contributed by atoms with Gasteiger partial charge in [-0.1, -0.05) is 23.3 Å². The number of nitrogens with one attached hydrogen (secondary N) is 2. The summed E-state index contributed by atoms with van der Waals surface area (Å²) in [4.78, 5) is 28.1. The number of carbonyl (C=O) groups excluding carboxylic acids is 1. The van der Waals surface area contributed by atoms with Gasteiger partial charge in [-0.3, -0.25) is 9.59 Å². The molecule has 3 aromatic rings. The summed E-state index contributed by atoms with van der Waals surface area (Å²) in [6.45, 7) is 2.55. The van der Waals surface area contributed by atoms with Gasteiger partial charge in [0, 0.05) is 22.8 Å². The first-order valence-corrected chi connectivity index (χ1v) is 9.54. The van der Waals surface area contributed by atoms with Crippen LogP contribution in [-0.4, -0.2) is 27.2 Å². The fraction of sp³-hybridized carbons (Fsp3) is 0.381. The third-order valence-corrected chi connectivity index (χ3v) is 5.22. The van der Waals surface area contributed by atoms with Crippen molar-refractivity contribution in [3.8, 4) is 0 Å². The molecule has 0 saturated heterocycles. The molecule has 0 unspecified atom stereocenters. The number of H-pyrrole nitrogens is 1. The van der Waals surface area contributed by atoms with Gasteiger partial charge in [-0.15, -0.1) is 0 Å². The number of aryl methyl sites for hydroxylation is 1. The van der Waals surface area contributed by atoms with Gasteiger partial charge in [0.2, 0.25) is 5.91 Å². The lowest BCUT2D eigenvalue weighted by atomic mass is 9.97. The molecule has 0 bridgehead atoms. The van der Waals surface area contributed by atoms with Gasteiger partial charge in [0.1, 0.15) is 12.1 Å². The van der Waals surface area contributed by atoms with E-state index in [1.54, 1.807) is 6.20 Å². The van der Waals surface area contributed by atoms with E-state index in [1.165, 1.54) is 23.1 Å². The van der Waals surface area contributed by atoms with Crippen LogP contribution in [0.15, 0.2) is 40.8 Å². The molecule has 4 rings (SSSR count). The van der Waals surface area contributed by atoms with Crippen LogP contribution in [0.25, 0.3) is 21.8 Å². The molecule has 0 spiro atoms. The van der Waals surface area contributed by atoms with E-state index in [0.29, 0.717) is 12.1 Å². The SMILES string of the molecule is Cc1ccc2[nH]c3c(=O)n(CC(=O)NCCC4=CCCCC4)ncc3c2c1. The standard InChI is InChI=1S/C21H24N4O2/c1-14-7-8-18-16(11-14)17-12-23-25(21(27)20(17)24-18)13-19(26)22-10-9-15-5-3-2-4-6-15/h5,7-8,11-12,24H,2-4,6,9-10,13H2,1H3,(H,22,26). The predicted molar refractivity (Wildman–Crippen MR) is 107 cm³/mol. The fourth-order valence-electron chi connectivity index (χ4n) is 3.74. The fourth-order valence-corrected chi connectivity index (χ4v) is 3.74. The Morgan fingerprint density at radius 3 is 3.00 bits per heavy atom. The summed E-state index contributed by atoms with van der Waals surface area (Å²) in [7, 11) is 0. The highest BCUT2D eigenvalue weighted by Crippen LogP contribution is 2.23. The summed E-state index contributed by atoms with van der Waals surface area (Å²) in [5, 5.41) is 8.88. The van der Waals surface area contributed by atoms with Gasteiger partial charge in [0.05, 0.1) is 6.20 Å². The zero-order valence-corrected chi connectivity index (χ0v) is 15.5. The quantitative estimate of drug-likeness (QED) is 0.682. The molecule has 1 aromatic carbocycles. The van der Waals surface area contributed by atoms with E-state index in [0.717, 1.165) is 41.1 Å². The number of aromatic nitrogens is 3. The van der Waals surface area contributed by atoms with E-state index in [9.17, 15) is 9.59 Å². The Morgan fingerprint density at radius 2 is 2.19 bits per heavy atom. The van der Waals surface area contributed by atoms with E-state index in [-0.39, 0.29) is 18.0 Å². The molecular formula is C21H24N4O2. The van der Waals surface area contributed by atoms with Crippen molar-refractivity contribution in [3.63, 3.8) is 0 Å². The first kappa shape index (κ1) is 17.5. The lowest BCUT2D eigenvalue weighted by Crippen LogP contribution is -2.34. The molecule has 0 saturated carbocycles. The second-order valence-electron chi connectivity index (χ2n) is 7.28. The van der Waals surface area contributed by atoms with Crippen molar-refractivity contribution in [2.24, 2.45) is 0 Å². The third kappa shape index (κ3) is 3.65. The Morgan fingerprint density at radius 1 is 1.30 bits per heavy atom. The number of benzene rings is 1. The van der Waals surface area contributed by atoms with Gasteiger partial charge < -0.3 is 10.3 Å². The Kier molecular flexibility index (Phi) is 4.79. The number of nitrogens with zero attached hydrogens (tertiary/aromatic N) is 2. The van der Waals surface area contributed by atoms with Crippen molar-refractivity contribution in [1.82, 2.24) is 20.1 Å². The summed E-state index contributed by atoms with van der Waals surface area (Å²) in [5.74, 6) is -0.188. The first-order chi connectivity index (χ1) is 13.1. The molecule has 2 heterocycles. The Labute approximate surface area is 157 Å². The molecule has 27 heavy (non-hydrogen) atoms. The van der Waals surface area contributed by atoms with Crippen molar-refractivity contribution >= 4 is 27.7 Å². The third-order valence-electron chi connectivity index (χ3n) is 5.22. The molecule has 2 N–H and O–H groups in total. The van der Waals surface area contributed by atoms with Crippen LogP contribution in [0.3, 0.4) is 0 Å². The van der Waals surface area contributed by atoms with Gasteiger partial charge in [0.15, 0.2) is 0 Å². The minimum absolute atomic E-state index is 0.0672. The van der Waals surface area contributed by atoms with Crippen molar-refractivity contribution in [2.75, 3.05) is 6.54 Å². The maximum atomic E-state index is 12.7. The van der Waals surface area contributed by atoms with E-state index in [1.807, 2.05) is 25.1 Å². The molecule has 1 aliphatic rings. The lowest BCUT2D eigenvalue weighted by molar-refractivity contribution is -0.121. The van der Waals surface area contributed by atoms with Gasteiger partial charge in [-0.25, -0.2) is 4.68 Å². The van der Waals surface area contributed by atoms with E-state index >= 15 is 0 Å². The maximum absolute atomic E-state index is 12.7. The molecule has 0 aliphatic heterocycles. The molecule has 6 heteroatoms. The number of carbonyl (C=O) groups is 1. The van der Waals surface area contributed by atoms with Crippen molar-refractivity contribution in [2.45, 2.75) is 45.6 Å². The molecule has 0 fully saturated rings. The van der Waals surface area contributed by atoms with Gasteiger partial charge >= 0.3 is 0 Å². The second kappa shape index (κ2) is 7.39. The average molecular weight is 364 g/mol. The minimum Gasteiger partial charge on any atom is -0.354 e. The number of amides is 1. The molecule has 2 aromatic heterocycles. The van der Waals surface area contributed by atoms with Crippen molar-refractivity contribution < 1.29 is 4.79 Å². The van der Waals surface area contributed by atoms with Crippen LogP contribution in [0.5, 0.6) is 0 Å². The van der Waals surface area contributed by atoms with Crippen LogP contribution >= 0.6 is 0 Å². The highest BCUT2D eigenvalue weighted by molar-refractivity contribution is 6.06. The number of fused-ring (bicyclic) bond motifs is 3. The second-order valence-corrected chi connectivity index (χ2v) is 7.28. The summed E-state index contributed by atoms with van der Waals surface area (Å²) in [6, 6.07) is 5.99. The van der Waals surface area contributed by atoms with Gasteiger partial charge in [-0.2, -0.15) is 5.10 Å². The van der Waals surface area contributed by atoms with Crippen LogP contribution in [0.4, 0.5) is 0 Å². The van der Waals surface area contributed by atoms with E-state index < -0.39 is 0 Å². The number of aromatic amines is 1. The van der Waals surface area contributed by atoms with Crippen molar-refractivity contribution in [1.29, 1.82) is 0 Å². The average Bonchev–Trinajstić information content (AvgIpc) is 3.03. The predicted octanol–water partition coefficient (Wildman–Crippen LogP) is 3.19. The van der Waals surface area contributed by atoms with E-state index in [4.69, 9.17) is 0 Å². The van der Waals surface area contributed by atoms with Crippen LogP contribution < -0.4 is 10.9 Å². The van der Waals surface area contributed by atoms with Gasteiger partial charge in [0.25, 0.3) is 5.56 Å². The number of allylic oxidation sites excluding steroid dienone is 1. The topological polar surface area (TPSA) is 79.8 Å². The highest BCUT2D eigenvalue weighted by Gasteiger charge is 2.13. The van der Waals surface area contributed by atoms with Gasteiger partial charge in [-0.05, 0) is 51.2 Å². The largest absolute Gasteiger partial charge is 0.354 e. The zero-order valence-electron chi connectivity index (χ0n) is 15.5. The first-order valence-electron chi connectivity index (χ1n) is 9.54. The summed E-state index contributed by atoms with van der Waals surface area (Å²) in [6.07, 6.45) is 9.61. The Balaban J connectivity index is 1.47. The summed E-state index contributed by atoms with van der Waals surface area (Å²) in [5.41, 5.74) is 3.67. The number of rotatable bonds is 5. The summed E-state index contributed by atoms with van der Waals surface area (Å²) < 4.78 is 1.22. The smallest absolute Gasteiger partial charge is 0.291 e. The molecular weight excluding hydrogens is 340 g/mol. The van der Waals surface area contributed by atoms with Crippen LogP contribution in [-0.2, 0) is 11.3 Å². The monoisotopic (exact) mass is 364 g/mol. The van der Waals surface area contributed by atoms with Crippen molar-refractivity contribution in [3.05, 3.63) is 52.0 Å². The zero-order chi connectivity index (χ0) is 18.8. The number of hydrogen-bond acceptors (Lipinski definition) is 3. The molecule has 0 radical (unpaired) electrons. The van der Waals surface area contributed by atoms with Crippen LogP contribution in [0.1, 0.15) is 37.7 Å². The molecule has 1 aliphatic carbocycles. The Bertz CT molecular complexity index is 1090. The highest BCUT2D eigenvalue weighted by atomic mass is 16.2. The van der Waals surface area contributed by atoms with Crippen LogP contribution in [0, 0.1) is 6.92 Å².